The lowest BCUT2D eigenvalue weighted by Gasteiger charge is -2.17. The second kappa shape index (κ2) is 7.74. The summed E-state index contributed by atoms with van der Waals surface area (Å²) in [5.41, 5.74) is 2.87. The van der Waals surface area contributed by atoms with E-state index in [1.165, 1.54) is 0 Å². The molecule has 0 fully saturated rings. The van der Waals surface area contributed by atoms with Crippen LogP contribution in [0.1, 0.15) is 17.5 Å². The van der Waals surface area contributed by atoms with Crippen molar-refractivity contribution >= 4 is 5.69 Å². The van der Waals surface area contributed by atoms with Crippen LogP contribution < -0.4 is 10.1 Å². The van der Waals surface area contributed by atoms with E-state index in [1.54, 1.807) is 7.11 Å². The maximum absolute atomic E-state index is 5.99. The molecule has 27 heavy (non-hydrogen) atoms. The first-order valence-corrected chi connectivity index (χ1v) is 8.68. The second-order valence-corrected chi connectivity index (χ2v) is 6.03. The number of nitrogens with one attached hydrogen (secondary N) is 1. The third-order valence-electron chi connectivity index (χ3n) is 4.24. The summed E-state index contributed by atoms with van der Waals surface area (Å²) in [6.45, 7) is 0. The van der Waals surface area contributed by atoms with Crippen molar-refractivity contribution < 1.29 is 9.15 Å². The van der Waals surface area contributed by atoms with Gasteiger partial charge < -0.3 is 14.5 Å². The van der Waals surface area contributed by atoms with Crippen molar-refractivity contribution in [3.8, 4) is 17.2 Å². The standard InChI is InChI=1S/C22H19N3O2/c1-26-19-14-12-18(13-15-19)23-20(16-8-4-2-5-9-16)22-25-24-21(27-22)17-10-6-3-7-11-17/h2-15,20,23H,1H3. The minimum atomic E-state index is -0.260. The number of rotatable bonds is 6. The molecule has 1 N–H and O–H groups in total. The molecule has 1 aromatic heterocycles. The third-order valence-corrected chi connectivity index (χ3v) is 4.24. The van der Waals surface area contributed by atoms with E-state index in [9.17, 15) is 0 Å². The zero-order valence-corrected chi connectivity index (χ0v) is 14.9. The number of methoxy groups -OCH3 is 1. The first kappa shape index (κ1) is 16.8. The Morgan fingerprint density at radius 3 is 2.15 bits per heavy atom. The van der Waals surface area contributed by atoms with Gasteiger partial charge in [-0.15, -0.1) is 10.2 Å². The van der Waals surface area contributed by atoms with E-state index in [2.05, 4.69) is 15.5 Å². The fraction of sp³-hybridized carbons (Fsp3) is 0.0909. The van der Waals surface area contributed by atoms with Crippen LogP contribution in [0.4, 0.5) is 5.69 Å². The predicted molar refractivity (Wildman–Crippen MR) is 105 cm³/mol. The lowest BCUT2D eigenvalue weighted by molar-refractivity contribution is 0.415. The van der Waals surface area contributed by atoms with Crippen LogP contribution in [-0.2, 0) is 0 Å². The molecule has 0 aliphatic heterocycles. The lowest BCUT2D eigenvalue weighted by Crippen LogP contribution is -2.12. The van der Waals surface area contributed by atoms with Crippen molar-refractivity contribution in [1.82, 2.24) is 10.2 Å². The topological polar surface area (TPSA) is 60.2 Å². The molecule has 3 aromatic carbocycles. The number of ether oxygens (including phenoxy) is 1. The van der Waals surface area contributed by atoms with E-state index in [1.807, 2.05) is 84.9 Å². The summed E-state index contributed by atoms with van der Waals surface area (Å²) in [6.07, 6.45) is 0. The maximum atomic E-state index is 5.99. The maximum Gasteiger partial charge on any atom is 0.247 e. The van der Waals surface area contributed by atoms with E-state index in [-0.39, 0.29) is 6.04 Å². The van der Waals surface area contributed by atoms with Gasteiger partial charge in [-0.25, -0.2) is 0 Å². The Hall–Kier alpha value is -3.60. The first-order valence-electron chi connectivity index (χ1n) is 8.68. The van der Waals surface area contributed by atoms with Crippen molar-refractivity contribution in [2.75, 3.05) is 12.4 Å². The Kier molecular flexibility index (Phi) is 4.83. The van der Waals surface area contributed by atoms with E-state index in [4.69, 9.17) is 9.15 Å². The fourth-order valence-electron chi connectivity index (χ4n) is 2.84. The van der Waals surface area contributed by atoms with Gasteiger partial charge in [0.2, 0.25) is 11.8 Å². The first-order chi connectivity index (χ1) is 13.3. The third kappa shape index (κ3) is 3.82. The molecule has 4 aromatic rings. The van der Waals surface area contributed by atoms with Gasteiger partial charge in [-0.05, 0) is 42.0 Å². The van der Waals surface area contributed by atoms with Crippen LogP contribution in [0.15, 0.2) is 89.3 Å². The van der Waals surface area contributed by atoms with Gasteiger partial charge in [0, 0.05) is 11.3 Å². The van der Waals surface area contributed by atoms with E-state index >= 15 is 0 Å². The average Bonchev–Trinajstić information content (AvgIpc) is 3.24. The van der Waals surface area contributed by atoms with E-state index in [0.29, 0.717) is 11.8 Å². The van der Waals surface area contributed by atoms with E-state index in [0.717, 1.165) is 22.6 Å². The number of hydrogen-bond donors (Lipinski definition) is 1. The summed E-state index contributed by atoms with van der Waals surface area (Å²) in [6, 6.07) is 27.3. The molecule has 0 saturated carbocycles. The smallest absolute Gasteiger partial charge is 0.247 e. The number of anilines is 1. The van der Waals surface area contributed by atoms with Crippen molar-refractivity contribution in [3.05, 3.63) is 96.4 Å². The van der Waals surface area contributed by atoms with Crippen LogP contribution in [0.25, 0.3) is 11.5 Å². The molecular weight excluding hydrogens is 338 g/mol. The Labute approximate surface area is 157 Å². The summed E-state index contributed by atoms with van der Waals surface area (Å²) in [7, 11) is 1.65. The normalized spacial score (nSPS) is 11.7. The molecule has 1 atom stereocenters. The van der Waals surface area contributed by atoms with Crippen molar-refractivity contribution in [1.29, 1.82) is 0 Å². The molecule has 0 amide bonds. The molecule has 0 spiro atoms. The largest absolute Gasteiger partial charge is 0.497 e. The highest BCUT2D eigenvalue weighted by molar-refractivity contribution is 5.53. The molecule has 0 aliphatic carbocycles. The number of nitrogens with zero attached hydrogens (tertiary/aromatic N) is 2. The molecule has 4 rings (SSSR count). The monoisotopic (exact) mass is 357 g/mol. The van der Waals surface area contributed by atoms with Crippen LogP contribution in [0, 0.1) is 0 Å². The van der Waals surface area contributed by atoms with Gasteiger partial charge in [0.05, 0.1) is 7.11 Å². The van der Waals surface area contributed by atoms with Crippen molar-refractivity contribution in [2.45, 2.75) is 6.04 Å². The summed E-state index contributed by atoms with van der Waals surface area (Å²) in [5.74, 6) is 1.82. The Morgan fingerprint density at radius 2 is 1.48 bits per heavy atom. The fourth-order valence-corrected chi connectivity index (χ4v) is 2.84. The van der Waals surface area contributed by atoms with Crippen molar-refractivity contribution in [2.24, 2.45) is 0 Å². The molecule has 1 unspecified atom stereocenters. The highest BCUT2D eigenvalue weighted by atomic mass is 16.5. The van der Waals surface area contributed by atoms with Crippen LogP contribution in [-0.4, -0.2) is 17.3 Å². The Morgan fingerprint density at radius 1 is 0.815 bits per heavy atom. The summed E-state index contributed by atoms with van der Waals surface area (Å²) >= 11 is 0. The zero-order valence-electron chi connectivity index (χ0n) is 14.9. The number of aromatic nitrogens is 2. The second-order valence-electron chi connectivity index (χ2n) is 6.03. The Bertz CT molecular complexity index is 983. The van der Waals surface area contributed by atoms with Gasteiger partial charge in [-0.2, -0.15) is 0 Å². The van der Waals surface area contributed by atoms with Crippen LogP contribution >= 0.6 is 0 Å². The van der Waals surface area contributed by atoms with Gasteiger partial charge >= 0.3 is 0 Å². The van der Waals surface area contributed by atoms with E-state index < -0.39 is 0 Å². The van der Waals surface area contributed by atoms with Crippen LogP contribution in [0.3, 0.4) is 0 Å². The van der Waals surface area contributed by atoms with Crippen LogP contribution in [0.2, 0.25) is 0 Å². The molecule has 134 valence electrons. The van der Waals surface area contributed by atoms with Gasteiger partial charge in [0.1, 0.15) is 11.8 Å². The summed E-state index contributed by atoms with van der Waals surface area (Å²) in [4.78, 5) is 0. The molecule has 5 nitrogen and oxygen atoms in total. The molecule has 0 saturated heterocycles. The quantitative estimate of drug-likeness (QED) is 0.529. The van der Waals surface area contributed by atoms with Crippen molar-refractivity contribution in [3.63, 3.8) is 0 Å². The molecule has 0 radical (unpaired) electrons. The minimum absolute atomic E-state index is 0.260. The van der Waals surface area contributed by atoms with Gasteiger partial charge in [0.25, 0.3) is 0 Å². The highest BCUT2D eigenvalue weighted by Gasteiger charge is 2.21. The lowest BCUT2D eigenvalue weighted by atomic mass is 10.1. The number of benzene rings is 3. The molecular formula is C22H19N3O2. The minimum Gasteiger partial charge on any atom is -0.497 e. The van der Waals surface area contributed by atoms with Crippen LogP contribution in [0.5, 0.6) is 5.75 Å². The van der Waals surface area contributed by atoms with Gasteiger partial charge in [0.15, 0.2) is 0 Å². The summed E-state index contributed by atoms with van der Waals surface area (Å²) < 4.78 is 11.2. The molecule has 0 bridgehead atoms. The predicted octanol–water partition coefficient (Wildman–Crippen LogP) is 4.95. The molecule has 1 heterocycles. The zero-order chi connectivity index (χ0) is 18.5. The van der Waals surface area contributed by atoms with Gasteiger partial charge in [-0.3, -0.25) is 0 Å². The highest BCUT2D eigenvalue weighted by Crippen LogP contribution is 2.29. The summed E-state index contributed by atoms with van der Waals surface area (Å²) in [5, 5.41) is 12.0. The SMILES string of the molecule is COc1ccc(NC(c2ccccc2)c2nnc(-c3ccccc3)o2)cc1. The molecule has 5 heteroatoms. The molecule has 0 aliphatic rings. The average molecular weight is 357 g/mol. The van der Waals surface area contributed by atoms with Gasteiger partial charge in [-0.1, -0.05) is 48.5 Å². The number of hydrogen-bond acceptors (Lipinski definition) is 5. The Balaban J connectivity index is 1.67.